The van der Waals surface area contributed by atoms with Gasteiger partial charge in [-0.2, -0.15) is 0 Å². The topological polar surface area (TPSA) is 101 Å². The fourth-order valence-corrected chi connectivity index (χ4v) is 6.41. The zero-order valence-corrected chi connectivity index (χ0v) is 22.7. The maximum atomic E-state index is 13.1. The molecule has 204 valence electrons. The Balaban J connectivity index is 1.36. The molecule has 8 nitrogen and oxygen atoms in total. The number of anilines is 2. The van der Waals surface area contributed by atoms with Gasteiger partial charge in [0.15, 0.2) is 11.3 Å². The molecule has 1 aliphatic heterocycles. The Kier molecular flexibility index (Phi) is 7.48. The van der Waals surface area contributed by atoms with Crippen molar-refractivity contribution in [2.24, 2.45) is 0 Å². The number of unbranched alkanes of at least 4 members (excludes halogenated alkanes) is 1. The third kappa shape index (κ3) is 5.17. The summed E-state index contributed by atoms with van der Waals surface area (Å²) in [5.41, 5.74) is 3.15. The summed E-state index contributed by atoms with van der Waals surface area (Å²) in [7, 11) is 0. The summed E-state index contributed by atoms with van der Waals surface area (Å²) >= 11 is 1.68. The minimum absolute atomic E-state index is 0.0486. The number of carbonyl (C=O) groups is 2. The first-order chi connectivity index (χ1) is 19.6. The van der Waals surface area contributed by atoms with Crippen LogP contribution in [0.4, 0.5) is 11.6 Å². The minimum atomic E-state index is -0.0616. The van der Waals surface area contributed by atoms with E-state index in [1.165, 1.54) is 0 Å². The van der Waals surface area contributed by atoms with Gasteiger partial charge in [-0.1, -0.05) is 30.3 Å². The van der Waals surface area contributed by atoms with Crippen LogP contribution < -0.4 is 21.0 Å². The zero-order chi connectivity index (χ0) is 27.5. The molecule has 0 aliphatic carbocycles. The summed E-state index contributed by atoms with van der Waals surface area (Å²) in [6.07, 6.45) is 2.52. The Bertz CT molecular complexity index is 1770. The molecule has 0 unspecified atom stereocenters. The molecule has 3 heterocycles. The smallest absolute Gasteiger partial charge is 0.224 e. The van der Waals surface area contributed by atoms with Crippen LogP contribution in [0, 0.1) is 0 Å². The molecule has 2 N–H and O–H groups in total. The number of carbonyl (C=O) groups excluding carboxylic acids is 2. The molecule has 3 aromatic carbocycles. The number of hydrogen-bond acceptors (Lipinski definition) is 7. The van der Waals surface area contributed by atoms with Crippen LogP contribution in [0.25, 0.3) is 42.3 Å². The average molecular weight is 556 g/mol. The monoisotopic (exact) mass is 555 g/mol. The van der Waals surface area contributed by atoms with Gasteiger partial charge in [0.2, 0.25) is 12.3 Å². The normalized spacial score (nSPS) is 13.7. The molecule has 1 fully saturated rings. The summed E-state index contributed by atoms with van der Waals surface area (Å²) in [5, 5.41) is 8.32. The molecule has 0 radical (unpaired) electrons. The molecule has 0 bridgehead atoms. The number of thiophene rings is 1. The maximum absolute atomic E-state index is 13.1. The maximum Gasteiger partial charge on any atom is 0.224 e. The van der Waals surface area contributed by atoms with E-state index in [1.807, 2.05) is 42.5 Å². The van der Waals surface area contributed by atoms with E-state index in [2.05, 4.69) is 27.7 Å². The molecule has 40 heavy (non-hydrogen) atoms. The number of nitrogens with zero attached hydrogens (tertiary/aromatic N) is 1. The van der Waals surface area contributed by atoms with E-state index in [-0.39, 0.29) is 11.3 Å². The van der Waals surface area contributed by atoms with E-state index in [1.54, 1.807) is 17.4 Å². The number of hydrogen-bond donors (Lipinski definition) is 2. The molecule has 9 heteroatoms. The molecule has 1 saturated heterocycles. The standard InChI is InChI=1S/C31H29N3O5S/c35-19-32-12-2-1-9-28(37)33-20-10-11-27-25(17-20)23-7-4-6-22(31(23)40-27)21-5-3-8-24-26(36)18-29(39-30(21)24)34-13-15-38-16-14-34/h3-8,10-11,17-19H,1-2,9,12-16H2,(H,32,35)(H,33,37). The van der Waals surface area contributed by atoms with Crippen molar-refractivity contribution >= 4 is 66.4 Å². The highest BCUT2D eigenvalue weighted by Crippen LogP contribution is 2.42. The van der Waals surface area contributed by atoms with Crippen LogP contribution in [-0.2, 0) is 14.3 Å². The summed E-state index contributed by atoms with van der Waals surface area (Å²) in [5.74, 6) is 0.518. The molecule has 1 aliphatic rings. The van der Waals surface area contributed by atoms with Gasteiger partial charge in [-0.3, -0.25) is 14.4 Å². The van der Waals surface area contributed by atoms with Crippen molar-refractivity contribution in [3.8, 4) is 11.1 Å². The van der Waals surface area contributed by atoms with Crippen LogP contribution >= 0.6 is 11.3 Å². The van der Waals surface area contributed by atoms with Gasteiger partial charge in [-0.25, -0.2) is 0 Å². The quantitative estimate of drug-likeness (QED) is 0.184. The summed E-state index contributed by atoms with van der Waals surface area (Å²) in [6.45, 7) is 3.13. The van der Waals surface area contributed by atoms with Gasteiger partial charge in [-0.15, -0.1) is 11.3 Å². The van der Waals surface area contributed by atoms with E-state index < -0.39 is 0 Å². The molecule has 2 amide bonds. The number of benzene rings is 3. The van der Waals surface area contributed by atoms with Crippen molar-refractivity contribution in [1.82, 2.24) is 5.32 Å². The second kappa shape index (κ2) is 11.5. The lowest BCUT2D eigenvalue weighted by molar-refractivity contribution is -0.116. The van der Waals surface area contributed by atoms with Crippen molar-refractivity contribution in [3.63, 3.8) is 0 Å². The SMILES string of the molecule is O=CNCCCCC(=O)Nc1ccc2sc3c(-c4cccc5c(=O)cc(N6CCOCC6)oc45)cccc3c2c1. The summed E-state index contributed by atoms with van der Waals surface area (Å²) in [4.78, 5) is 38.0. The van der Waals surface area contributed by atoms with E-state index in [9.17, 15) is 14.4 Å². The van der Waals surface area contributed by atoms with Crippen LogP contribution in [0.2, 0.25) is 0 Å². The number of amides is 2. The number of nitrogens with one attached hydrogen (secondary N) is 2. The van der Waals surface area contributed by atoms with E-state index in [0.29, 0.717) is 69.0 Å². The van der Waals surface area contributed by atoms with Gasteiger partial charge in [0, 0.05) is 69.1 Å². The van der Waals surface area contributed by atoms with Gasteiger partial charge in [0.05, 0.1) is 18.6 Å². The first kappa shape index (κ1) is 26.0. The van der Waals surface area contributed by atoms with E-state index >= 15 is 0 Å². The van der Waals surface area contributed by atoms with Crippen LogP contribution in [-0.4, -0.2) is 45.2 Å². The van der Waals surface area contributed by atoms with Gasteiger partial charge in [0.1, 0.15) is 5.58 Å². The Hall–Kier alpha value is -4.21. The fraction of sp³-hybridized carbons (Fsp3) is 0.258. The first-order valence-corrected chi connectivity index (χ1v) is 14.3. The van der Waals surface area contributed by atoms with Crippen LogP contribution in [0.15, 0.2) is 69.9 Å². The molecular formula is C31H29N3O5S. The number of para-hydroxylation sites is 1. The Morgan fingerprint density at radius 3 is 2.58 bits per heavy atom. The third-order valence-electron chi connectivity index (χ3n) is 7.19. The van der Waals surface area contributed by atoms with Crippen LogP contribution in [0.1, 0.15) is 19.3 Å². The van der Waals surface area contributed by atoms with Gasteiger partial charge in [0.25, 0.3) is 0 Å². The van der Waals surface area contributed by atoms with E-state index in [4.69, 9.17) is 9.15 Å². The average Bonchev–Trinajstić information content (AvgIpc) is 3.35. The van der Waals surface area contributed by atoms with Crippen molar-refractivity contribution in [1.29, 1.82) is 0 Å². The van der Waals surface area contributed by atoms with Crippen LogP contribution in [0.3, 0.4) is 0 Å². The number of fused-ring (bicyclic) bond motifs is 4. The molecule has 0 saturated carbocycles. The number of ether oxygens (including phenoxy) is 1. The van der Waals surface area contributed by atoms with Gasteiger partial charge < -0.3 is 24.7 Å². The predicted molar refractivity (Wildman–Crippen MR) is 160 cm³/mol. The summed E-state index contributed by atoms with van der Waals surface area (Å²) in [6, 6.07) is 19.4. The molecule has 6 rings (SSSR count). The van der Waals surface area contributed by atoms with Crippen molar-refractivity contribution in [3.05, 3.63) is 70.9 Å². The first-order valence-electron chi connectivity index (χ1n) is 13.4. The molecular weight excluding hydrogens is 526 g/mol. The number of rotatable bonds is 9. The van der Waals surface area contributed by atoms with E-state index in [0.717, 1.165) is 43.4 Å². The lowest BCUT2D eigenvalue weighted by Crippen LogP contribution is -2.36. The highest BCUT2D eigenvalue weighted by molar-refractivity contribution is 7.26. The second-order valence-electron chi connectivity index (χ2n) is 9.80. The van der Waals surface area contributed by atoms with Gasteiger partial charge in [-0.05, 0) is 37.1 Å². The van der Waals surface area contributed by atoms with Crippen LogP contribution in [0.5, 0.6) is 0 Å². The van der Waals surface area contributed by atoms with Crippen molar-refractivity contribution < 1.29 is 18.7 Å². The third-order valence-corrected chi connectivity index (χ3v) is 8.41. The Morgan fingerprint density at radius 1 is 0.950 bits per heavy atom. The number of morpholine rings is 1. The van der Waals surface area contributed by atoms with Gasteiger partial charge >= 0.3 is 0 Å². The predicted octanol–water partition coefficient (Wildman–Crippen LogP) is 5.52. The fourth-order valence-electron chi connectivity index (χ4n) is 5.20. The lowest BCUT2D eigenvalue weighted by Gasteiger charge is -2.27. The lowest BCUT2D eigenvalue weighted by atomic mass is 10.0. The Morgan fingerprint density at radius 2 is 1.75 bits per heavy atom. The van der Waals surface area contributed by atoms with Crippen molar-refractivity contribution in [2.75, 3.05) is 43.1 Å². The minimum Gasteiger partial charge on any atom is -0.440 e. The molecule has 0 spiro atoms. The Labute approximate surface area is 234 Å². The summed E-state index contributed by atoms with van der Waals surface area (Å²) < 4.78 is 14.1. The second-order valence-corrected chi connectivity index (χ2v) is 10.9. The zero-order valence-electron chi connectivity index (χ0n) is 21.9. The molecule has 5 aromatic rings. The largest absolute Gasteiger partial charge is 0.440 e. The molecule has 0 atom stereocenters. The highest BCUT2D eigenvalue weighted by atomic mass is 32.1. The highest BCUT2D eigenvalue weighted by Gasteiger charge is 2.19. The van der Waals surface area contributed by atoms with Crippen molar-refractivity contribution in [2.45, 2.75) is 19.3 Å². The molecule has 2 aromatic heterocycles.